The van der Waals surface area contributed by atoms with E-state index in [1.807, 2.05) is 37.3 Å². The number of benzene rings is 1. The molecule has 0 saturated heterocycles. The molecule has 0 fully saturated rings. The standard InChI is InChI=1S/C17H15N3OS2/c1-12-19-15(10-22-12)11-23-16-6-4-13(5-7-16)17(21)20-14-3-2-8-18-9-14/h2-10H,11H2,1H3,(H,20,21). The van der Waals surface area contributed by atoms with E-state index in [-0.39, 0.29) is 5.91 Å². The Bertz CT molecular complexity index is 785. The van der Waals surface area contributed by atoms with Gasteiger partial charge in [-0.2, -0.15) is 0 Å². The SMILES string of the molecule is Cc1nc(CSc2ccc(C(=O)Nc3cccnc3)cc2)cs1. The van der Waals surface area contributed by atoms with Gasteiger partial charge < -0.3 is 5.32 Å². The average molecular weight is 341 g/mol. The molecule has 0 saturated carbocycles. The fourth-order valence-corrected chi connectivity index (χ4v) is 3.48. The Morgan fingerprint density at radius 1 is 1.26 bits per heavy atom. The number of rotatable bonds is 5. The number of anilines is 1. The van der Waals surface area contributed by atoms with E-state index in [1.54, 1.807) is 41.6 Å². The van der Waals surface area contributed by atoms with Gasteiger partial charge in [0.25, 0.3) is 5.91 Å². The Balaban J connectivity index is 1.59. The molecule has 6 heteroatoms. The Hall–Kier alpha value is -2.18. The molecule has 1 amide bonds. The molecule has 1 N–H and O–H groups in total. The molecule has 0 atom stereocenters. The molecule has 3 rings (SSSR count). The first kappa shape index (κ1) is 15.7. The third kappa shape index (κ3) is 4.40. The van der Waals surface area contributed by atoms with Crippen LogP contribution in [0.5, 0.6) is 0 Å². The zero-order chi connectivity index (χ0) is 16.1. The first-order chi connectivity index (χ1) is 11.2. The van der Waals surface area contributed by atoms with Crippen LogP contribution in [-0.4, -0.2) is 15.9 Å². The highest BCUT2D eigenvalue weighted by molar-refractivity contribution is 7.98. The summed E-state index contributed by atoms with van der Waals surface area (Å²) in [5.74, 6) is 0.704. The van der Waals surface area contributed by atoms with E-state index < -0.39 is 0 Å². The summed E-state index contributed by atoms with van der Waals surface area (Å²) < 4.78 is 0. The predicted molar refractivity (Wildman–Crippen MR) is 95.0 cm³/mol. The molecule has 2 heterocycles. The van der Waals surface area contributed by atoms with Gasteiger partial charge in [-0.25, -0.2) is 4.98 Å². The lowest BCUT2D eigenvalue weighted by Crippen LogP contribution is -2.11. The first-order valence-corrected chi connectivity index (χ1v) is 8.92. The predicted octanol–water partition coefficient (Wildman–Crippen LogP) is 4.39. The minimum atomic E-state index is -0.135. The van der Waals surface area contributed by atoms with Crippen LogP contribution in [0.1, 0.15) is 21.1 Å². The van der Waals surface area contributed by atoms with Gasteiger partial charge in [0.05, 0.1) is 22.6 Å². The third-order valence-corrected chi connectivity index (χ3v) is 4.96. The molecule has 2 aromatic heterocycles. The van der Waals surface area contributed by atoms with Crippen molar-refractivity contribution < 1.29 is 4.79 Å². The van der Waals surface area contributed by atoms with Gasteiger partial charge in [-0.05, 0) is 43.3 Å². The largest absolute Gasteiger partial charge is 0.321 e. The van der Waals surface area contributed by atoms with Gasteiger partial charge in [0.2, 0.25) is 0 Å². The van der Waals surface area contributed by atoms with E-state index in [9.17, 15) is 4.79 Å². The quantitative estimate of drug-likeness (QED) is 0.699. The summed E-state index contributed by atoms with van der Waals surface area (Å²) in [6, 6.07) is 11.2. The molecule has 116 valence electrons. The Kier molecular flexibility index (Phi) is 5.05. The smallest absolute Gasteiger partial charge is 0.255 e. The molecule has 1 aromatic carbocycles. The Morgan fingerprint density at radius 2 is 2.09 bits per heavy atom. The summed E-state index contributed by atoms with van der Waals surface area (Å²) >= 11 is 3.38. The van der Waals surface area contributed by atoms with Crippen LogP contribution in [0.2, 0.25) is 0 Å². The van der Waals surface area contributed by atoms with Crippen LogP contribution in [0.4, 0.5) is 5.69 Å². The van der Waals surface area contributed by atoms with Crippen molar-refractivity contribution in [1.82, 2.24) is 9.97 Å². The second kappa shape index (κ2) is 7.39. The molecule has 0 aliphatic rings. The Morgan fingerprint density at radius 3 is 2.74 bits per heavy atom. The molecule has 0 radical (unpaired) electrons. The summed E-state index contributed by atoms with van der Waals surface area (Å²) in [6.45, 7) is 2.01. The fraction of sp³-hybridized carbons (Fsp3) is 0.118. The number of hydrogen-bond donors (Lipinski definition) is 1. The molecule has 0 aliphatic carbocycles. The number of aryl methyl sites for hydroxylation is 1. The van der Waals surface area contributed by atoms with Crippen LogP contribution in [0.25, 0.3) is 0 Å². The van der Waals surface area contributed by atoms with Crippen molar-refractivity contribution in [2.45, 2.75) is 17.6 Å². The maximum Gasteiger partial charge on any atom is 0.255 e. The second-order valence-corrected chi connectivity index (χ2v) is 6.98. The van der Waals surface area contributed by atoms with E-state index in [4.69, 9.17) is 0 Å². The average Bonchev–Trinajstić information content (AvgIpc) is 3.00. The summed E-state index contributed by atoms with van der Waals surface area (Å²) in [5, 5.41) is 5.99. The van der Waals surface area contributed by atoms with Gasteiger partial charge in [0.1, 0.15) is 0 Å². The van der Waals surface area contributed by atoms with Crippen molar-refractivity contribution in [2.24, 2.45) is 0 Å². The van der Waals surface area contributed by atoms with E-state index in [0.29, 0.717) is 11.3 Å². The molecule has 23 heavy (non-hydrogen) atoms. The van der Waals surface area contributed by atoms with Gasteiger partial charge >= 0.3 is 0 Å². The van der Waals surface area contributed by atoms with Gasteiger partial charge in [0.15, 0.2) is 0 Å². The van der Waals surface area contributed by atoms with Crippen molar-refractivity contribution in [1.29, 1.82) is 0 Å². The van der Waals surface area contributed by atoms with E-state index in [1.165, 1.54) is 0 Å². The molecule has 0 aliphatic heterocycles. The topological polar surface area (TPSA) is 54.9 Å². The lowest BCUT2D eigenvalue weighted by molar-refractivity contribution is 0.102. The monoisotopic (exact) mass is 341 g/mol. The maximum absolute atomic E-state index is 12.2. The van der Waals surface area contributed by atoms with Crippen LogP contribution in [-0.2, 0) is 5.75 Å². The van der Waals surface area contributed by atoms with Crippen molar-refractivity contribution in [2.75, 3.05) is 5.32 Å². The van der Waals surface area contributed by atoms with Gasteiger partial charge in [-0.1, -0.05) is 0 Å². The van der Waals surface area contributed by atoms with Gasteiger partial charge in [-0.15, -0.1) is 23.1 Å². The zero-order valence-corrected chi connectivity index (χ0v) is 14.2. The highest BCUT2D eigenvalue weighted by atomic mass is 32.2. The molecular formula is C17H15N3OS2. The molecular weight excluding hydrogens is 326 g/mol. The lowest BCUT2D eigenvalue weighted by Gasteiger charge is -2.05. The Labute approximate surface area is 143 Å². The van der Waals surface area contributed by atoms with Crippen LogP contribution in [0.15, 0.2) is 59.1 Å². The number of thiazole rings is 1. The van der Waals surface area contributed by atoms with Gasteiger partial charge in [0, 0.05) is 27.8 Å². The highest BCUT2D eigenvalue weighted by Gasteiger charge is 2.06. The van der Waals surface area contributed by atoms with E-state index in [0.717, 1.165) is 21.3 Å². The van der Waals surface area contributed by atoms with Crippen LogP contribution < -0.4 is 5.32 Å². The number of thioether (sulfide) groups is 1. The second-order valence-electron chi connectivity index (χ2n) is 4.87. The zero-order valence-electron chi connectivity index (χ0n) is 12.5. The number of nitrogens with zero attached hydrogens (tertiary/aromatic N) is 2. The van der Waals surface area contributed by atoms with Crippen molar-refractivity contribution >= 4 is 34.7 Å². The summed E-state index contributed by atoms with van der Waals surface area (Å²) in [7, 11) is 0. The molecule has 0 spiro atoms. The van der Waals surface area contributed by atoms with E-state index >= 15 is 0 Å². The van der Waals surface area contributed by atoms with Crippen LogP contribution >= 0.6 is 23.1 Å². The van der Waals surface area contributed by atoms with Crippen LogP contribution in [0, 0.1) is 6.92 Å². The molecule has 3 aromatic rings. The van der Waals surface area contributed by atoms with Crippen molar-refractivity contribution in [3.8, 4) is 0 Å². The number of hydrogen-bond acceptors (Lipinski definition) is 5. The third-order valence-electron chi connectivity index (χ3n) is 3.09. The molecule has 0 unspecified atom stereocenters. The summed E-state index contributed by atoms with van der Waals surface area (Å²) in [6.07, 6.45) is 3.30. The maximum atomic E-state index is 12.2. The number of aromatic nitrogens is 2. The molecule has 0 bridgehead atoms. The lowest BCUT2D eigenvalue weighted by atomic mass is 10.2. The summed E-state index contributed by atoms with van der Waals surface area (Å²) in [4.78, 5) is 21.7. The number of carbonyl (C=O) groups is 1. The molecule has 4 nitrogen and oxygen atoms in total. The number of nitrogens with one attached hydrogen (secondary N) is 1. The first-order valence-electron chi connectivity index (χ1n) is 7.06. The van der Waals surface area contributed by atoms with Crippen molar-refractivity contribution in [3.05, 3.63) is 70.4 Å². The van der Waals surface area contributed by atoms with Crippen molar-refractivity contribution in [3.63, 3.8) is 0 Å². The van der Waals surface area contributed by atoms with E-state index in [2.05, 4.69) is 20.7 Å². The number of carbonyl (C=O) groups excluding carboxylic acids is 1. The minimum absolute atomic E-state index is 0.135. The number of pyridine rings is 1. The van der Waals surface area contributed by atoms with Gasteiger partial charge in [-0.3, -0.25) is 9.78 Å². The highest BCUT2D eigenvalue weighted by Crippen LogP contribution is 2.24. The fourth-order valence-electron chi connectivity index (χ4n) is 1.97. The minimum Gasteiger partial charge on any atom is -0.321 e. The van der Waals surface area contributed by atoms with Crippen LogP contribution in [0.3, 0.4) is 0 Å². The summed E-state index contributed by atoms with van der Waals surface area (Å²) in [5.41, 5.74) is 2.41. The normalized spacial score (nSPS) is 10.5. The number of amides is 1.